The van der Waals surface area contributed by atoms with Crippen LogP contribution in [0, 0.1) is 0 Å². The summed E-state index contributed by atoms with van der Waals surface area (Å²) in [6, 6.07) is 6.88. The van der Waals surface area contributed by atoms with Crippen LogP contribution < -0.4 is 0 Å². The average Bonchev–Trinajstić information content (AvgIpc) is 2.29. The van der Waals surface area contributed by atoms with Crippen LogP contribution in [-0.4, -0.2) is 27.0 Å². The molecule has 90 valence electrons. The van der Waals surface area contributed by atoms with Gasteiger partial charge in [0, 0.05) is 7.05 Å². The predicted octanol–water partition coefficient (Wildman–Crippen LogP) is 1.82. The van der Waals surface area contributed by atoms with Crippen LogP contribution in [0.1, 0.15) is 18.9 Å². The van der Waals surface area contributed by atoms with Crippen molar-refractivity contribution in [3.8, 4) is 0 Å². The highest BCUT2D eigenvalue weighted by atomic mass is 32.2. The van der Waals surface area contributed by atoms with Crippen LogP contribution in [0.4, 0.5) is 0 Å². The van der Waals surface area contributed by atoms with Gasteiger partial charge in [-0.3, -0.25) is 4.84 Å². The molecule has 0 bridgehead atoms. The normalized spacial score (nSPS) is 12.0. The highest BCUT2D eigenvalue weighted by Crippen LogP contribution is 2.15. The SMILES string of the molecule is CCCc1ccc(S(=O)(=O)N(C)OC)cc1. The molecule has 0 aliphatic carbocycles. The molecule has 1 aromatic carbocycles. The molecule has 0 aliphatic rings. The van der Waals surface area contributed by atoms with E-state index in [0.29, 0.717) is 0 Å². The van der Waals surface area contributed by atoms with Crippen LogP contribution >= 0.6 is 0 Å². The molecule has 1 rings (SSSR count). The summed E-state index contributed by atoms with van der Waals surface area (Å²) in [4.78, 5) is 4.94. The van der Waals surface area contributed by atoms with Gasteiger partial charge >= 0.3 is 0 Å². The van der Waals surface area contributed by atoms with E-state index < -0.39 is 10.0 Å². The molecule has 0 radical (unpaired) electrons. The fourth-order valence-corrected chi connectivity index (χ4v) is 2.34. The van der Waals surface area contributed by atoms with Gasteiger partial charge in [0.25, 0.3) is 10.0 Å². The second kappa shape index (κ2) is 5.43. The summed E-state index contributed by atoms with van der Waals surface area (Å²) in [6.07, 6.45) is 2.00. The Morgan fingerprint density at radius 3 is 2.25 bits per heavy atom. The molecule has 0 aliphatic heterocycles. The summed E-state index contributed by atoms with van der Waals surface area (Å²) in [5.74, 6) is 0. The van der Waals surface area contributed by atoms with Gasteiger partial charge in [-0.15, -0.1) is 0 Å². The quantitative estimate of drug-likeness (QED) is 0.741. The van der Waals surface area contributed by atoms with E-state index in [9.17, 15) is 8.42 Å². The number of hydrogen-bond acceptors (Lipinski definition) is 3. The van der Waals surface area contributed by atoms with Gasteiger partial charge in [0.15, 0.2) is 0 Å². The first kappa shape index (κ1) is 13.2. The molecule has 0 amide bonds. The van der Waals surface area contributed by atoms with Crippen molar-refractivity contribution in [2.75, 3.05) is 14.2 Å². The zero-order chi connectivity index (χ0) is 12.2. The summed E-state index contributed by atoms with van der Waals surface area (Å²) in [6.45, 7) is 2.09. The fraction of sp³-hybridized carbons (Fsp3) is 0.455. The summed E-state index contributed by atoms with van der Waals surface area (Å²) >= 11 is 0. The highest BCUT2D eigenvalue weighted by molar-refractivity contribution is 7.89. The van der Waals surface area contributed by atoms with Crippen molar-refractivity contribution in [3.05, 3.63) is 29.8 Å². The highest BCUT2D eigenvalue weighted by Gasteiger charge is 2.20. The van der Waals surface area contributed by atoms with Gasteiger partial charge < -0.3 is 0 Å². The first-order valence-corrected chi connectivity index (χ1v) is 6.58. The van der Waals surface area contributed by atoms with Crippen molar-refractivity contribution in [2.45, 2.75) is 24.7 Å². The minimum atomic E-state index is -3.51. The average molecular weight is 243 g/mol. The molecule has 0 heterocycles. The van der Waals surface area contributed by atoms with Gasteiger partial charge in [-0.1, -0.05) is 29.9 Å². The molecule has 0 N–H and O–H groups in total. The summed E-state index contributed by atoms with van der Waals surface area (Å²) < 4.78 is 24.5. The number of nitrogens with zero attached hydrogens (tertiary/aromatic N) is 1. The molecule has 4 nitrogen and oxygen atoms in total. The molecule has 0 saturated heterocycles. The van der Waals surface area contributed by atoms with E-state index in [1.54, 1.807) is 12.1 Å². The maximum absolute atomic E-state index is 11.8. The molecule has 5 heteroatoms. The van der Waals surface area contributed by atoms with Gasteiger partial charge in [-0.25, -0.2) is 8.42 Å². The third-order valence-corrected chi connectivity index (χ3v) is 4.05. The molecule has 0 unspecified atom stereocenters. The molecular weight excluding hydrogens is 226 g/mol. The first-order chi connectivity index (χ1) is 7.52. The monoisotopic (exact) mass is 243 g/mol. The van der Waals surface area contributed by atoms with Gasteiger partial charge in [0.05, 0.1) is 12.0 Å². The lowest BCUT2D eigenvalue weighted by Crippen LogP contribution is -2.25. The van der Waals surface area contributed by atoms with E-state index in [2.05, 4.69) is 6.92 Å². The topological polar surface area (TPSA) is 46.6 Å². The Balaban J connectivity index is 2.97. The number of rotatable bonds is 5. The number of hydroxylamine groups is 1. The summed E-state index contributed by atoms with van der Waals surface area (Å²) in [5.41, 5.74) is 1.14. The minimum Gasteiger partial charge on any atom is -0.288 e. The summed E-state index contributed by atoms with van der Waals surface area (Å²) in [7, 11) is -0.817. The van der Waals surface area contributed by atoms with Gasteiger partial charge in [-0.05, 0) is 24.1 Å². The van der Waals surface area contributed by atoms with Crippen LogP contribution in [0.15, 0.2) is 29.2 Å². The van der Waals surface area contributed by atoms with Crippen molar-refractivity contribution < 1.29 is 13.3 Å². The van der Waals surface area contributed by atoms with Crippen molar-refractivity contribution in [2.24, 2.45) is 0 Å². The van der Waals surface area contributed by atoms with Crippen LogP contribution in [0.2, 0.25) is 0 Å². The van der Waals surface area contributed by atoms with Crippen LogP contribution in [-0.2, 0) is 21.3 Å². The lowest BCUT2D eigenvalue weighted by atomic mass is 10.1. The molecule has 0 saturated carbocycles. The molecule has 0 aromatic heterocycles. The Bertz CT molecular complexity index is 425. The first-order valence-electron chi connectivity index (χ1n) is 5.14. The second-order valence-corrected chi connectivity index (χ2v) is 5.43. The van der Waals surface area contributed by atoms with E-state index >= 15 is 0 Å². The smallest absolute Gasteiger partial charge is 0.264 e. The Labute approximate surface area is 96.8 Å². The molecular formula is C11H17NO3S. The third kappa shape index (κ3) is 2.81. The third-order valence-electron chi connectivity index (χ3n) is 2.36. The Kier molecular flexibility index (Phi) is 4.46. The zero-order valence-electron chi connectivity index (χ0n) is 9.80. The maximum atomic E-state index is 11.8. The van der Waals surface area contributed by atoms with E-state index in [4.69, 9.17) is 4.84 Å². The lowest BCUT2D eigenvalue weighted by molar-refractivity contribution is -0.0258. The van der Waals surface area contributed by atoms with Crippen LogP contribution in [0.5, 0.6) is 0 Å². The Morgan fingerprint density at radius 2 is 1.81 bits per heavy atom. The molecule has 16 heavy (non-hydrogen) atoms. The minimum absolute atomic E-state index is 0.247. The molecule has 0 atom stereocenters. The lowest BCUT2D eigenvalue weighted by Gasteiger charge is -2.14. The Hall–Kier alpha value is -0.910. The number of aryl methyl sites for hydroxylation is 1. The molecule has 0 fully saturated rings. The standard InChI is InChI=1S/C11H17NO3S/c1-4-5-10-6-8-11(9-7-10)16(13,14)12(2)15-3/h6-9H,4-5H2,1-3H3. The molecule has 0 spiro atoms. The molecule has 1 aromatic rings. The second-order valence-electron chi connectivity index (χ2n) is 3.49. The largest absolute Gasteiger partial charge is 0.288 e. The van der Waals surface area contributed by atoms with E-state index in [1.165, 1.54) is 14.2 Å². The van der Waals surface area contributed by atoms with E-state index in [1.807, 2.05) is 12.1 Å². The van der Waals surface area contributed by atoms with Crippen LogP contribution in [0.25, 0.3) is 0 Å². The number of benzene rings is 1. The van der Waals surface area contributed by atoms with Gasteiger partial charge in [-0.2, -0.15) is 0 Å². The van der Waals surface area contributed by atoms with Crippen molar-refractivity contribution >= 4 is 10.0 Å². The predicted molar refractivity (Wildman–Crippen MR) is 62.4 cm³/mol. The van der Waals surface area contributed by atoms with Gasteiger partial charge in [0.2, 0.25) is 0 Å². The number of sulfonamides is 1. The van der Waals surface area contributed by atoms with Crippen molar-refractivity contribution in [1.82, 2.24) is 4.47 Å². The van der Waals surface area contributed by atoms with Crippen molar-refractivity contribution in [3.63, 3.8) is 0 Å². The number of hydrogen-bond donors (Lipinski definition) is 0. The van der Waals surface area contributed by atoms with Gasteiger partial charge in [0.1, 0.15) is 0 Å². The fourth-order valence-electron chi connectivity index (χ4n) is 1.36. The zero-order valence-corrected chi connectivity index (χ0v) is 10.6. The maximum Gasteiger partial charge on any atom is 0.264 e. The van der Waals surface area contributed by atoms with Crippen LogP contribution in [0.3, 0.4) is 0 Å². The van der Waals surface area contributed by atoms with Crippen molar-refractivity contribution in [1.29, 1.82) is 0 Å². The Morgan fingerprint density at radius 1 is 1.25 bits per heavy atom. The summed E-state index contributed by atoms with van der Waals surface area (Å²) in [5, 5.41) is 0. The van der Waals surface area contributed by atoms with E-state index in [0.717, 1.165) is 22.9 Å². The van der Waals surface area contributed by atoms with E-state index in [-0.39, 0.29) is 4.90 Å².